The van der Waals surface area contributed by atoms with Gasteiger partial charge in [0.15, 0.2) is 0 Å². The molecule has 0 aromatic rings. The van der Waals surface area contributed by atoms with Crippen LogP contribution in [0.5, 0.6) is 0 Å². The molecule has 3 N–H and O–H groups in total. The minimum absolute atomic E-state index is 0.0459. The van der Waals surface area contributed by atoms with Crippen molar-refractivity contribution in [2.75, 3.05) is 26.5 Å². The monoisotopic (exact) mass is 488 g/mol. The summed E-state index contributed by atoms with van der Waals surface area (Å²) in [6, 6.07) is 0. The molecule has 0 aliphatic rings. The van der Waals surface area contributed by atoms with Crippen LogP contribution in [0.15, 0.2) is 0 Å². The second-order valence-electron chi connectivity index (χ2n) is 8.59. The van der Waals surface area contributed by atoms with Crippen LogP contribution in [-0.4, -0.2) is 46.8 Å². The largest absolute Gasteiger partial charge is 0.469 e. The third kappa shape index (κ3) is 14.9. The third-order valence-corrected chi connectivity index (χ3v) is 7.71. The molecule has 0 fully saturated rings. The Labute approximate surface area is 189 Å². The van der Waals surface area contributed by atoms with Gasteiger partial charge < -0.3 is 23.9 Å². The first-order chi connectivity index (χ1) is 14.4. The summed E-state index contributed by atoms with van der Waals surface area (Å²) in [6.07, 6.45) is 9.41. The lowest BCUT2D eigenvalue weighted by Crippen LogP contribution is -2.30. The highest BCUT2D eigenvalue weighted by atomic mass is 31.2. The number of ether oxygens (including phenoxy) is 1. The van der Waals surface area contributed by atoms with E-state index in [-0.39, 0.29) is 12.0 Å². The predicted molar refractivity (Wildman–Crippen MR) is 124 cm³/mol. The molecule has 1 unspecified atom stereocenters. The van der Waals surface area contributed by atoms with Crippen molar-refractivity contribution in [2.45, 2.75) is 104 Å². The SMILES string of the molecule is CCC(CC)(CCCCOCCCCC(CC)(CC)OP(C)(=O)O)CCOP(=O)(O)O. The molecular weight excluding hydrogens is 442 g/mol. The molecule has 1 atom stereocenters. The Morgan fingerprint density at radius 3 is 1.65 bits per heavy atom. The zero-order valence-electron chi connectivity index (χ0n) is 20.2. The number of hydrogen-bond donors (Lipinski definition) is 3. The van der Waals surface area contributed by atoms with E-state index in [4.69, 9.17) is 19.0 Å². The summed E-state index contributed by atoms with van der Waals surface area (Å²) in [6.45, 7) is 10.9. The Hall–Kier alpha value is 0.220. The van der Waals surface area contributed by atoms with Crippen molar-refractivity contribution >= 4 is 15.4 Å². The number of rotatable bonds is 20. The molecule has 0 radical (unpaired) electrons. The fourth-order valence-electron chi connectivity index (χ4n) is 4.06. The average Bonchev–Trinajstić information content (AvgIpc) is 2.68. The smallest absolute Gasteiger partial charge is 0.381 e. The number of phosphoric acid groups is 1. The van der Waals surface area contributed by atoms with E-state index >= 15 is 0 Å². The van der Waals surface area contributed by atoms with Crippen molar-refractivity contribution in [1.29, 1.82) is 0 Å². The van der Waals surface area contributed by atoms with Gasteiger partial charge in [-0.1, -0.05) is 47.0 Å². The zero-order chi connectivity index (χ0) is 24.0. The highest BCUT2D eigenvalue weighted by Gasteiger charge is 2.32. The normalized spacial score (nSPS) is 15.2. The summed E-state index contributed by atoms with van der Waals surface area (Å²) in [7, 11) is -7.91. The van der Waals surface area contributed by atoms with Crippen LogP contribution in [0, 0.1) is 5.41 Å². The van der Waals surface area contributed by atoms with Gasteiger partial charge in [-0.05, 0) is 56.8 Å². The van der Waals surface area contributed by atoms with Crippen LogP contribution in [0.1, 0.15) is 98.3 Å². The Morgan fingerprint density at radius 2 is 1.23 bits per heavy atom. The topological polar surface area (TPSA) is 123 Å². The molecule has 0 aromatic carbocycles. The number of hydrogen-bond acceptors (Lipinski definition) is 5. The van der Waals surface area contributed by atoms with Crippen molar-refractivity contribution in [3.8, 4) is 0 Å². The van der Waals surface area contributed by atoms with Gasteiger partial charge in [0.05, 0.1) is 12.2 Å². The maximum atomic E-state index is 11.7. The van der Waals surface area contributed by atoms with Gasteiger partial charge in [-0.25, -0.2) is 4.57 Å². The third-order valence-electron chi connectivity index (χ3n) is 6.46. The van der Waals surface area contributed by atoms with Crippen molar-refractivity contribution in [1.82, 2.24) is 0 Å². The molecule has 0 rings (SSSR count). The van der Waals surface area contributed by atoms with Crippen LogP contribution < -0.4 is 0 Å². The van der Waals surface area contributed by atoms with Crippen molar-refractivity contribution in [3.63, 3.8) is 0 Å². The van der Waals surface area contributed by atoms with Gasteiger partial charge in [0.1, 0.15) is 0 Å². The maximum absolute atomic E-state index is 11.7. The fraction of sp³-hybridized carbons (Fsp3) is 1.00. The molecule has 8 nitrogen and oxygen atoms in total. The van der Waals surface area contributed by atoms with E-state index in [0.717, 1.165) is 51.4 Å². The van der Waals surface area contributed by atoms with Crippen molar-refractivity contribution in [2.24, 2.45) is 5.41 Å². The standard InChI is InChI=1S/C21H46O8P2/c1-6-20(7-2,16-19-28-31(24,25)26)14-10-12-17-27-18-13-11-15-21(8-3,9-4)29-30(5,22)23/h6-19H2,1-5H3,(H,22,23)(H2,24,25,26). The van der Waals surface area contributed by atoms with Crippen molar-refractivity contribution < 1.29 is 37.6 Å². The molecule has 188 valence electrons. The van der Waals surface area contributed by atoms with Gasteiger partial charge in [0.25, 0.3) is 0 Å². The van der Waals surface area contributed by atoms with E-state index in [1.165, 1.54) is 6.66 Å². The summed E-state index contributed by atoms with van der Waals surface area (Å²) in [5.41, 5.74) is -0.490. The highest BCUT2D eigenvalue weighted by Crippen LogP contribution is 2.46. The number of phosphoric ester groups is 1. The summed E-state index contributed by atoms with van der Waals surface area (Å²) in [5, 5.41) is 0. The zero-order valence-corrected chi connectivity index (χ0v) is 22.0. The quantitative estimate of drug-likeness (QED) is 0.140. The molecule has 0 heterocycles. The van der Waals surface area contributed by atoms with E-state index in [1.807, 2.05) is 13.8 Å². The van der Waals surface area contributed by atoms with Crippen LogP contribution in [0.3, 0.4) is 0 Å². The molecule has 0 saturated heterocycles. The Morgan fingerprint density at radius 1 is 0.710 bits per heavy atom. The van der Waals surface area contributed by atoms with Gasteiger partial charge in [-0.15, -0.1) is 0 Å². The summed E-state index contributed by atoms with van der Waals surface area (Å²) in [5.74, 6) is 0. The fourth-order valence-corrected chi connectivity index (χ4v) is 5.46. The molecule has 0 spiro atoms. The second kappa shape index (κ2) is 15.2. The minimum atomic E-state index is -4.40. The van der Waals surface area contributed by atoms with Crippen LogP contribution in [-0.2, 0) is 22.9 Å². The molecule has 31 heavy (non-hydrogen) atoms. The van der Waals surface area contributed by atoms with Crippen molar-refractivity contribution in [3.05, 3.63) is 0 Å². The van der Waals surface area contributed by atoms with Crippen LogP contribution in [0.2, 0.25) is 0 Å². The molecule has 0 aliphatic heterocycles. The van der Waals surface area contributed by atoms with Gasteiger partial charge >= 0.3 is 15.4 Å². The lowest BCUT2D eigenvalue weighted by Gasteiger charge is -2.32. The van der Waals surface area contributed by atoms with Crippen LogP contribution >= 0.6 is 15.4 Å². The van der Waals surface area contributed by atoms with Gasteiger partial charge in [-0.2, -0.15) is 0 Å². The van der Waals surface area contributed by atoms with E-state index in [2.05, 4.69) is 18.4 Å². The van der Waals surface area contributed by atoms with E-state index < -0.39 is 21.0 Å². The first-order valence-electron chi connectivity index (χ1n) is 11.7. The van der Waals surface area contributed by atoms with E-state index in [9.17, 15) is 14.0 Å². The van der Waals surface area contributed by atoms with Gasteiger partial charge in [0.2, 0.25) is 0 Å². The Balaban J connectivity index is 4.10. The first-order valence-corrected chi connectivity index (χ1v) is 15.2. The molecule has 0 aromatic heterocycles. The average molecular weight is 489 g/mol. The van der Waals surface area contributed by atoms with E-state index in [1.54, 1.807) is 0 Å². The summed E-state index contributed by atoms with van der Waals surface area (Å²) >= 11 is 0. The molecule has 0 saturated carbocycles. The predicted octanol–water partition coefficient (Wildman–Crippen LogP) is 6.04. The van der Waals surface area contributed by atoms with E-state index in [0.29, 0.717) is 32.5 Å². The molecule has 0 aliphatic carbocycles. The Kier molecular flexibility index (Phi) is 15.3. The second-order valence-corrected chi connectivity index (χ2v) is 11.6. The molecule has 0 amide bonds. The summed E-state index contributed by atoms with van der Waals surface area (Å²) in [4.78, 5) is 27.3. The van der Waals surface area contributed by atoms with Crippen LogP contribution in [0.25, 0.3) is 0 Å². The van der Waals surface area contributed by atoms with Gasteiger partial charge in [-0.3, -0.25) is 9.09 Å². The first kappa shape index (κ1) is 31.2. The highest BCUT2D eigenvalue weighted by molar-refractivity contribution is 7.51. The molecule has 0 bridgehead atoms. The molecular formula is C21H46O8P2. The Bertz CT molecular complexity index is 550. The van der Waals surface area contributed by atoms with Gasteiger partial charge in [0, 0.05) is 19.9 Å². The maximum Gasteiger partial charge on any atom is 0.469 e. The molecule has 10 heteroatoms. The lowest BCUT2D eigenvalue weighted by molar-refractivity contribution is 0.0352. The van der Waals surface area contributed by atoms with Crippen LogP contribution in [0.4, 0.5) is 0 Å². The number of unbranched alkanes of at least 4 members (excludes halogenated alkanes) is 2. The lowest BCUT2D eigenvalue weighted by atomic mass is 9.75. The summed E-state index contributed by atoms with van der Waals surface area (Å²) < 4.78 is 38.4. The minimum Gasteiger partial charge on any atom is -0.381 e.